The van der Waals surface area contributed by atoms with Gasteiger partial charge in [-0.15, -0.1) is 0 Å². The summed E-state index contributed by atoms with van der Waals surface area (Å²) in [5.41, 5.74) is 1.11. The van der Waals surface area contributed by atoms with E-state index < -0.39 is 11.0 Å². The Hall–Kier alpha value is -1.50. The van der Waals surface area contributed by atoms with E-state index in [1.165, 1.54) is 7.11 Å². The van der Waals surface area contributed by atoms with Crippen molar-refractivity contribution >= 4 is 16.9 Å². The molecule has 0 bridgehead atoms. The summed E-state index contributed by atoms with van der Waals surface area (Å²) in [6.07, 6.45) is 3.81. The second-order valence-electron chi connectivity index (χ2n) is 4.61. The maximum Gasteiger partial charge on any atom is 0.247 e. The number of allylic oxidation sites excluding steroid dienone is 1. The van der Waals surface area contributed by atoms with Crippen LogP contribution in [0.3, 0.4) is 0 Å². The quantitative estimate of drug-likeness (QED) is 0.619. The van der Waals surface area contributed by atoms with E-state index in [-0.39, 0.29) is 18.4 Å². The van der Waals surface area contributed by atoms with Gasteiger partial charge in [0, 0.05) is 19.5 Å². The Balaban J connectivity index is 2.71. The summed E-state index contributed by atoms with van der Waals surface area (Å²) in [6.45, 7) is 3.83. The highest BCUT2D eigenvalue weighted by molar-refractivity contribution is 7.83. The third-order valence-corrected chi connectivity index (χ3v) is 4.15. The fourth-order valence-corrected chi connectivity index (χ4v) is 2.62. The van der Waals surface area contributed by atoms with E-state index in [9.17, 15) is 9.00 Å². The molecule has 0 spiro atoms. The monoisotopic (exact) mass is 310 g/mol. The molecule has 0 saturated heterocycles. The molecule has 0 fully saturated rings. The van der Waals surface area contributed by atoms with E-state index >= 15 is 0 Å². The molecule has 1 amide bonds. The molecular formula is C15H22N2O3S. The number of carbonyl (C=O) groups is 1. The summed E-state index contributed by atoms with van der Waals surface area (Å²) >= 11 is 0. The van der Waals surface area contributed by atoms with Gasteiger partial charge in [0.15, 0.2) is 0 Å². The largest absolute Gasteiger partial charge is 0.275 e. The number of nitrogens with zero attached hydrogens (tertiary/aromatic N) is 1. The average Bonchev–Trinajstić information content (AvgIpc) is 2.47. The number of hydrogen-bond acceptors (Lipinski definition) is 3. The van der Waals surface area contributed by atoms with Crippen molar-refractivity contribution in [1.82, 2.24) is 9.79 Å². The van der Waals surface area contributed by atoms with Gasteiger partial charge in [0.2, 0.25) is 5.91 Å². The molecule has 0 radical (unpaired) electrons. The zero-order valence-corrected chi connectivity index (χ0v) is 13.6. The molecule has 1 N–H and O–H groups in total. The number of amides is 1. The van der Waals surface area contributed by atoms with Crippen LogP contribution in [0.4, 0.5) is 0 Å². The van der Waals surface area contributed by atoms with Gasteiger partial charge < -0.3 is 0 Å². The van der Waals surface area contributed by atoms with Crippen LogP contribution in [0.5, 0.6) is 0 Å². The molecule has 5 nitrogen and oxygen atoms in total. The fourth-order valence-electron chi connectivity index (χ4n) is 1.67. The van der Waals surface area contributed by atoms with E-state index in [4.69, 9.17) is 4.84 Å². The zero-order valence-electron chi connectivity index (χ0n) is 12.8. The minimum atomic E-state index is -1.37. The minimum absolute atomic E-state index is 0.173. The van der Waals surface area contributed by atoms with Crippen LogP contribution in [-0.2, 0) is 20.6 Å². The first kappa shape index (κ1) is 17.6. The van der Waals surface area contributed by atoms with Crippen molar-refractivity contribution in [1.29, 1.82) is 0 Å². The molecule has 0 aromatic heterocycles. The van der Waals surface area contributed by atoms with Gasteiger partial charge in [-0.05, 0) is 26.0 Å². The van der Waals surface area contributed by atoms with E-state index in [2.05, 4.69) is 4.72 Å². The Kier molecular flexibility index (Phi) is 7.28. The van der Waals surface area contributed by atoms with Crippen LogP contribution in [0, 0.1) is 6.92 Å². The Bertz CT molecular complexity index is 514. The normalized spacial score (nSPS) is 14.1. The molecule has 1 rings (SSSR count). The predicted octanol–water partition coefficient (Wildman–Crippen LogP) is 1.96. The summed E-state index contributed by atoms with van der Waals surface area (Å²) in [5.74, 6) is -0.186. The number of hydrogen-bond donors (Lipinski definition) is 1. The van der Waals surface area contributed by atoms with Crippen LogP contribution in [0.15, 0.2) is 41.3 Å². The molecule has 0 unspecified atom stereocenters. The summed E-state index contributed by atoms with van der Waals surface area (Å²) in [7, 11) is 1.61. The lowest BCUT2D eigenvalue weighted by molar-refractivity contribution is -0.168. The number of carbonyl (C=O) groups excluding carboxylic acids is 1. The number of aryl methyl sites for hydroxylation is 1. The van der Waals surface area contributed by atoms with Crippen LogP contribution in [0.1, 0.15) is 18.9 Å². The number of nitrogens with one attached hydrogen (secondary N) is 1. The first-order valence-corrected chi connectivity index (χ1v) is 7.81. The third kappa shape index (κ3) is 5.79. The molecular weight excluding hydrogens is 288 g/mol. The average molecular weight is 310 g/mol. The maximum absolute atomic E-state index is 12.3. The molecule has 0 aliphatic rings. The van der Waals surface area contributed by atoms with Gasteiger partial charge in [0.25, 0.3) is 0 Å². The summed E-state index contributed by atoms with van der Waals surface area (Å²) < 4.78 is 15.2. The first-order valence-electron chi connectivity index (χ1n) is 6.66. The topological polar surface area (TPSA) is 58.6 Å². The highest BCUT2D eigenvalue weighted by Crippen LogP contribution is 2.09. The molecule has 0 saturated carbocycles. The van der Waals surface area contributed by atoms with Crippen molar-refractivity contribution in [3.05, 3.63) is 42.0 Å². The molecule has 116 valence electrons. The van der Waals surface area contributed by atoms with Crippen molar-refractivity contribution in [2.75, 3.05) is 14.2 Å². The molecule has 1 aromatic rings. The van der Waals surface area contributed by atoms with Gasteiger partial charge in [-0.2, -0.15) is 0 Å². The van der Waals surface area contributed by atoms with Crippen molar-refractivity contribution in [2.24, 2.45) is 0 Å². The number of benzene rings is 1. The maximum atomic E-state index is 12.3. The second kappa shape index (κ2) is 8.71. The summed E-state index contributed by atoms with van der Waals surface area (Å²) in [6, 6.07) is 7.12. The molecule has 0 heterocycles. The summed E-state index contributed by atoms with van der Waals surface area (Å²) in [4.78, 5) is 17.4. The third-order valence-electron chi connectivity index (χ3n) is 2.94. The zero-order chi connectivity index (χ0) is 15.8. The highest BCUT2D eigenvalue weighted by atomic mass is 32.2. The van der Waals surface area contributed by atoms with E-state index in [1.54, 1.807) is 7.05 Å². The Morgan fingerprint density at radius 2 is 2.05 bits per heavy atom. The van der Waals surface area contributed by atoms with Gasteiger partial charge in [0.05, 0.1) is 12.0 Å². The molecule has 0 aliphatic carbocycles. The van der Waals surface area contributed by atoms with Gasteiger partial charge in [-0.25, -0.2) is 14.0 Å². The van der Waals surface area contributed by atoms with Gasteiger partial charge in [-0.3, -0.25) is 9.63 Å². The van der Waals surface area contributed by atoms with Crippen LogP contribution in [0.2, 0.25) is 0 Å². The Labute approximate surface area is 128 Å². The van der Waals surface area contributed by atoms with Crippen LogP contribution in [-0.4, -0.2) is 35.4 Å². The van der Waals surface area contributed by atoms with Crippen LogP contribution < -0.4 is 4.72 Å². The van der Waals surface area contributed by atoms with Crippen LogP contribution >= 0.6 is 0 Å². The lowest BCUT2D eigenvalue weighted by Gasteiger charge is -2.18. The standard InChI is InChI=1S/C15H22N2O3S/c1-5-6-13(11-15(18)17(3)20-4)16-21(19)14-9-7-12(2)8-10-14/h5-10,13,16H,11H2,1-4H3/b6-5+/t13-,21-/m0/s1. The van der Waals surface area contributed by atoms with Gasteiger partial charge in [-0.1, -0.05) is 29.8 Å². The molecule has 1 aromatic carbocycles. The predicted molar refractivity (Wildman–Crippen MR) is 83.7 cm³/mol. The minimum Gasteiger partial charge on any atom is -0.275 e. The Morgan fingerprint density at radius 3 is 2.57 bits per heavy atom. The molecule has 2 atom stereocenters. The van der Waals surface area contributed by atoms with E-state index in [1.807, 2.05) is 50.3 Å². The van der Waals surface area contributed by atoms with Gasteiger partial charge in [0.1, 0.15) is 11.0 Å². The highest BCUT2D eigenvalue weighted by Gasteiger charge is 2.17. The van der Waals surface area contributed by atoms with Crippen LogP contribution in [0.25, 0.3) is 0 Å². The Morgan fingerprint density at radius 1 is 1.43 bits per heavy atom. The van der Waals surface area contributed by atoms with Gasteiger partial charge >= 0.3 is 0 Å². The number of rotatable bonds is 7. The molecule has 21 heavy (non-hydrogen) atoms. The smallest absolute Gasteiger partial charge is 0.247 e. The fraction of sp³-hybridized carbons (Fsp3) is 0.400. The lowest BCUT2D eigenvalue weighted by Crippen LogP contribution is -2.36. The first-order chi connectivity index (χ1) is 9.97. The van der Waals surface area contributed by atoms with E-state index in [0.717, 1.165) is 10.6 Å². The molecule has 0 aliphatic heterocycles. The summed E-state index contributed by atoms with van der Waals surface area (Å²) in [5, 5.41) is 1.16. The lowest BCUT2D eigenvalue weighted by atomic mass is 10.2. The van der Waals surface area contributed by atoms with Crippen molar-refractivity contribution in [2.45, 2.75) is 31.2 Å². The van der Waals surface area contributed by atoms with E-state index in [0.29, 0.717) is 4.90 Å². The second-order valence-corrected chi connectivity index (χ2v) is 5.85. The van der Waals surface area contributed by atoms with Crippen molar-refractivity contribution in [3.8, 4) is 0 Å². The van der Waals surface area contributed by atoms with Crippen molar-refractivity contribution in [3.63, 3.8) is 0 Å². The van der Waals surface area contributed by atoms with Crippen molar-refractivity contribution < 1.29 is 13.8 Å². The SMILES string of the molecule is C/C=C/[C@@H](CC(=O)N(C)OC)N[S@@](=O)c1ccc(C)cc1. The number of hydroxylamine groups is 2. The molecule has 6 heteroatoms.